The minimum absolute atomic E-state index is 0.491. The Kier molecular flexibility index (Phi) is 4.26. The van der Waals surface area contributed by atoms with Crippen molar-refractivity contribution in [3.63, 3.8) is 0 Å². The van der Waals surface area contributed by atoms with Gasteiger partial charge < -0.3 is 5.11 Å². The van der Waals surface area contributed by atoms with E-state index in [0.29, 0.717) is 0 Å². The van der Waals surface area contributed by atoms with E-state index in [1.165, 1.54) is 12.0 Å². The lowest BCUT2D eigenvalue weighted by Gasteiger charge is -2.27. The van der Waals surface area contributed by atoms with Gasteiger partial charge in [-0.15, -0.1) is 0 Å². The van der Waals surface area contributed by atoms with Crippen LogP contribution in [-0.4, -0.2) is 10.7 Å². The Morgan fingerprint density at radius 1 is 1.29 bits per heavy atom. The monoisotopic (exact) mass is 296 g/mol. The zero-order valence-corrected chi connectivity index (χ0v) is 12.0. The van der Waals surface area contributed by atoms with Gasteiger partial charge in [0.25, 0.3) is 0 Å². The molecule has 1 fully saturated rings. The molecule has 1 aromatic rings. The highest BCUT2D eigenvalue weighted by Crippen LogP contribution is 2.34. The molecule has 0 saturated heterocycles. The van der Waals surface area contributed by atoms with Gasteiger partial charge in [0.15, 0.2) is 0 Å². The first-order chi connectivity index (χ1) is 8.09. The van der Waals surface area contributed by atoms with E-state index in [0.717, 1.165) is 42.5 Å². The van der Waals surface area contributed by atoms with Crippen molar-refractivity contribution >= 4 is 15.9 Å². The van der Waals surface area contributed by atoms with Gasteiger partial charge in [-0.3, -0.25) is 0 Å². The molecule has 0 amide bonds. The SMILES string of the molecule is CC1CCCC(O)(Cc2ccccc2Br)CC1. The number of benzene rings is 1. The van der Waals surface area contributed by atoms with Gasteiger partial charge in [-0.05, 0) is 36.8 Å². The van der Waals surface area contributed by atoms with Crippen LogP contribution in [0.3, 0.4) is 0 Å². The number of aliphatic hydroxyl groups is 1. The minimum Gasteiger partial charge on any atom is -0.390 e. The molecule has 1 nitrogen and oxygen atoms in total. The molecule has 0 spiro atoms. The fraction of sp³-hybridized carbons (Fsp3) is 0.600. The maximum absolute atomic E-state index is 10.7. The fourth-order valence-electron chi connectivity index (χ4n) is 2.74. The minimum atomic E-state index is -0.491. The summed E-state index contributed by atoms with van der Waals surface area (Å²) in [4.78, 5) is 0. The predicted molar refractivity (Wildman–Crippen MR) is 75.0 cm³/mol. The average molecular weight is 297 g/mol. The van der Waals surface area contributed by atoms with Gasteiger partial charge in [0.2, 0.25) is 0 Å². The molecule has 0 aliphatic heterocycles. The number of halogens is 1. The number of hydrogen-bond donors (Lipinski definition) is 1. The summed E-state index contributed by atoms with van der Waals surface area (Å²) in [7, 11) is 0. The van der Waals surface area contributed by atoms with Crippen LogP contribution in [0, 0.1) is 5.92 Å². The van der Waals surface area contributed by atoms with Crippen molar-refractivity contribution in [1.29, 1.82) is 0 Å². The van der Waals surface area contributed by atoms with Crippen LogP contribution < -0.4 is 0 Å². The van der Waals surface area contributed by atoms with Crippen molar-refractivity contribution in [1.82, 2.24) is 0 Å². The van der Waals surface area contributed by atoms with Gasteiger partial charge in [-0.1, -0.05) is 53.9 Å². The van der Waals surface area contributed by atoms with Gasteiger partial charge in [-0.25, -0.2) is 0 Å². The Morgan fingerprint density at radius 2 is 2.06 bits per heavy atom. The second-order valence-corrected chi connectivity index (χ2v) is 6.38. The summed E-state index contributed by atoms with van der Waals surface area (Å²) < 4.78 is 1.12. The van der Waals surface area contributed by atoms with Crippen molar-refractivity contribution in [2.75, 3.05) is 0 Å². The third-order valence-electron chi connectivity index (χ3n) is 3.92. The summed E-state index contributed by atoms with van der Waals surface area (Å²) in [6, 6.07) is 8.23. The molecule has 1 aliphatic rings. The molecule has 0 radical (unpaired) electrons. The highest BCUT2D eigenvalue weighted by atomic mass is 79.9. The lowest BCUT2D eigenvalue weighted by molar-refractivity contribution is 0.0242. The van der Waals surface area contributed by atoms with E-state index in [1.807, 2.05) is 12.1 Å². The third-order valence-corrected chi connectivity index (χ3v) is 4.69. The predicted octanol–water partition coefficient (Wildman–Crippen LogP) is 4.32. The van der Waals surface area contributed by atoms with Gasteiger partial charge in [-0.2, -0.15) is 0 Å². The van der Waals surface area contributed by atoms with E-state index in [2.05, 4.69) is 35.0 Å². The fourth-order valence-corrected chi connectivity index (χ4v) is 3.16. The lowest BCUT2D eigenvalue weighted by Crippen LogP contribution is -2.30. The topological polar surface area (TPSA) is 20.2 Å². The standard InChI is InChI=1S/C15H21BrO/c1-12-5-4-9-15(17,10-8-12)11-13-6-2-3-7-14(13)16/h2-3,6-7,12,17H,4-5,8-11H2,1H3. The molecule has 1 saturated carbocycles. The first kappa shape index (κ1) is 13.1. The van der Waals surface area contributed by atoms with Crippen molar-refractivity contribution in [3.8, 4) is 0 Å². The van der Waals surface area contributed by atoms with Crippen LogP contribution in [0.4, 0.5) is 0 Å². The smallest absolute Gasteiger partial charge is 0.0688 e. The van der Waals surface area contributed by atoms with Crippen molar-refractivity contribution in [3.05, 3.63) is 34.3 Å². The van der Waals surface area contributed by atoms with Crippen LogP contribution in [0.5, 0.6) is 0 Å². The molecule has 1 aliphatic carbocycles. The van der Waals surface area contributed by atoms with Crippen LogP contribution in [0.2, 0.25) is 0 Å². The van der Waals surface area contributed by atoms with Crippen LogP contribution in [0.1, 0.15) is 44.6 Å². The molecule has 0 bridgehead atoms. The van der Waals surface area contributed by atoms with E-state index in [4.69, 9.17) is 0 Å². The zero-order valence-electron chi connectivity index (χ0n) is 10.5. The van der Waals surface area contributed by atoms with Gasteiger partial charge in [0, 0.05) is 10.9 Å². The number of hydrogen-bond acceptors (Lipinski definition) is 1. The maximum Gasteiger partial charge on any atom is 0.0688 e. The Hall–Kier alpha value is -0.340. The van der Waals surface area contributed by atoms with Crippen molar-refractivity contribution < 1.29 is 5.11 Å². The van der Waals surface area contributed by atoms with Gasteiger partial charge in [0.05, 0.1) is 5.60 Å². The molecule has 1 aromatic carbocycles. The Labute approximate surface area is 112 Å². The summed E-state index contributed by atoms with van der Waals surface area (Å²) >= 11 is 3.57. The lowest BCUT2D eigenvalue weighted by atomic mass is 9.87. The molecule has 0 aromatic heterocycles. The second-order valence-electron chi connectivity index (χ2n) is 5.53. The summed E-state index contributed by atoms with van der Waals surface area (Å²) in [5.41, 5.74) is 0.735. The van der Waals surface area contributed by atoms with E-state index in [1.54, 1.807) is 0 Å². The van der Waals surface area contributed by atoms with Crippen molar-refractivity contribution in [2.24, 2.45) is 5.92 Å². The third kappa shape index (κ3) is 3.56. The summed E-state index contributed by atoms with van der Waals surface area (Å²) in [6.07, 6.45) is 6.23. The Bertz CT molecular complexity index is 377. The Balaban J connectivity index is 2.09. The van der Waals surface area contributed by atoms with Crippen LogP contribution in [0.15, 0.2) is 28.7 Å². The van der Waals surface area contributed by atoms with E-state index in [-0.39, 0.29) is 0 Å². The van der Waals surface area contributed by atoms with E-state index < -0.39 is 5.60 Å². The molecule has 17 heavy (non-hydrogen) atoms. The first-order valence-electron chi connectivity index (χ1n) is 6.55. The summed E-state index contributed by atoms with van der Waals surface area (Å²) in [5, 5.41) is 10.7. The highest BCUT2D eigenvalue weighted by Gasteiger charge is 2.30. The van der Waals surface area contributed by atoms with E-state index in [9.17, 15) is 5.11 Å². The molecule has 2 heteroatoms. The van der Waals surface area contributed by atoms with Crippen LogP contribution in [-0.2, 0) is 6.42 Å². The normalized spacial score (nSPS) is 29.9. The molecule has 2 rings (SSSR count). The molecular formula is C15H21BrO. The average Bonchev–Trinajstić information content (AvgIpc) is 2.45. The zero-order chi connectivity index (χ0) is 12.3. The molecule has 2 unspecified atom stereocenters. The van der Waals surface area contributed by atoms with Crippen LogP contribution >= 0.6 is 15.9 Å². The largest absolute Gasteiger partial charge is 0.390 e. The van der Waals surface area contributed by atoms with Gasteiger partial charge in [0.1, 0.15) is 0 Å². The molecule has 2 atom stereocenters. The highest BCUT2D eigenvalue weighted by molar-refractivity contribution is 9.10. The van der Waals surface area contributed by atoms with E-state index >= 15 is 0 Å². The van der Waals surface area contributed by atoms with Crippen LogP contribution in [0.25, 0.3) is 0 Å². The second kappa shape index (κ2) is 5.53. The van der Waals surface area contributed by atoms with Gasteiger partial charge >= 0.3 is 0 Å². The molecule has 0 heterocycles. The first-order valence-corrected chi connectivity index (χ1v) is 7.34. The molecule has 1 N–H and O–H groups in total. The summed E-state index contributed by atoms with van der Waals surface area (Å²) in [5.74, 6) is 0.767. The van der Waals surface area contributed by atoms with Crippen molar-refractivity contribution in [2.45, 2.75) is 51.0 Å². The maximum atomic E-state index is 10.7. The quantitative estimate of drug-likeness (QED) is 0.806. The Morgan fingerprint density at radius 3 is 2.82 bits per heavy atom. The molecule has 94 valence electrons. The summed E-state index contributed by atoms with van der Waals surface area (Å²) in [6.45, 7) is 2.30. The number of rotatable bonds is 2. The molecular weight excluding hydrogens is 276 g/mol.